The number of benzene rings is 1. The van der Waals surface area contributed by atoms with Gasteiger partial charge in [-0.15, -0.1) is 12.4 Å². The molecule has 0 spiro atoms. The Balaban J connectivity index is 0.00000176. The van der Waals surface area contributed by atoms with Crippen molar-refractivity contribution >= 4 is 29.2 Å². The summed E-state index contributed by atoms with van der Waals surface area (Å²) in [5, 5.41) is 7.00. The van der Waals surface area contributed by atoms with E-state index in [1.807, 2.05) is 6.20 Å². The summed E-state index contributed by atoms with van der Waals surface area (Å²) in [4.78, 5) is 15.0. The van der Waals surface area contributed by atoms with Gasteiger partial charge in [-0.2, -0.15) is 0 Å². The fourth-order valence-electron chi connectivity index (χ4n) is 2.54. The number of hydrogen-bond donors (Lipinski definition) is 3. The SMILES string of the molecule is Cl.O=C(NCCc1c[nH]c2cc(F)ccc12)C1COCCN1. The highest BCUT2D eigenvalue weighted by molar-refractivity contribution is 5.85. The quantitative estimate of drug-likeness (QED) is 0.795. The van der Waals surface area contributed by atoms with Gasteiger partial charge in [0.2, 0.25) is 5.91 Å². The number of rotatable bonds is 4. The van der Waals surface area contributed by atoms with E-state index >= 15 is 0 Å². The molecule has 1 saturated heterocycles. The van der Waals surface area contributed by atoms with Crippen molar-refractivity contribution in [2.24, 2.45) is 0 Å². The molecule has 22 heavy (non-hydrogen) atoms. The average molecular weight is 328 g/mol. The van der Waals surface area contributed by atoms with E-state index in [0.717, 1.165) is 16.5 Å². The molecule has 0 saturated carbocycles. The number of carbonyl (C=O) groups excluding carboxylic acids is 1. The van der Waals surface area contributed by atoms with Crippen molar-refractivity contribution < 1.29 is 13.9 Å². The van der Waals surface area contributed by atoms with Crippen molar-refractivity contribution in [3.05, 3.63) is 35.8 Å². The lowest BCUT2D eigenvalue weighted by Gasteiger charge is -2.22. The molecule has 0 radical (unpaired) electrons. The minimum atomic E-state index is -0.268. The number of morpholine rings is 1. The molecule has 3 N–H and O–H groups in total. The van der Waals surface area contributed by atoms with Crippen LogP contribution >= 0.6 is 12.4 Å². The number of fused-ring (bicyclic) bond motifs is 1. The van der Waals surface area contributed by atoms with E-state index in [-0.39, 0.29) is 30.2 Å². The highest BCUT2D eigenvalue weighted by Gasteiger charge is 2.20. The third kappa shape index (κ3) is 3.76. The zero-order valence-corrected chi connectivity index (χ0v) is 12.8. The summed E-state index contributed by atoms with van der Waals surface area (Å²) < 4.78 is 18.4. The van der Waals surface area contributed by atoms with Gasteiger partial charge in [0.15, 0.2) is 0 Å². The Morgan fingerprint density at radius 1 is 1.45 bits per heavy atom. The predicted molar refractivity (Wildman–Crippen MR) is 84.8 cm³/mol. The molecule has 1 fully saturated rings. The summed E-state index contributed by atoms with van der Waals surface area (Å²) in [5.74, 6) is -0.298. The van der Waals surface area contributed by atoms with Gasteiger partial charge in [0.05, 0.1) is 13.2 Å². The zero-order chi connectivity index (χ0) is 14.7. The molecular formula is C15H19ClFN3O2. The first-order valence-corrected chi connectivity index (χ1v) is 7.08. The zero-order valence-electron chi connectivity index (χ0n) is 12.0. The van der Waals surface area contributed by atoms with Crippen LogP contribution in [-0.4, -0.2) is 43.2 Å². The second-order valence-corrected chi connectivity index (χ2v) is 5.13. The van der Waals surface area contributed by atoms with Crippen LogP contribution in [0.3, 0.4) is 0 Å². The van der Waals surface area contributed by atoms with Crippen molar-refractivity contribution in [1.82, 2.24) is 15.6 Å². The van der Waals surface area contributed by atoms with Gasteiger partial charge >= 0.3 is 0 Å². The van der Waals surface area contributed by atoms with Crippen LogP contribution in [0.1, 0.15) is 5.56 Å². The molecule has 1 amide bonds. The maximum atomic E-state index is 13.1. The number of H-pyrrole nitrogens is 1. The van der Waals surface area contributed by atoms with Gasteiger partial charge in [0.1, 0.15) is 11.9 Å². The maximum Gasteiger partial charge on any atom is 0.239 e. The highest BCUT2D eigenvalue weighted by atomic mass is 35.5. The second-order valence-electron chi connectivity index (χ2n) is 5.13. The lowest BCUT2D eigenvalue weighted by atomic mass is 10.1. The molecule has 3 rings (SSSR count). The average Bonchev–Trinajstić information content (AvgIpc) is 2.90. The first-order chi connectivity index (χ1) is 10.2. The standard InChI is InChI=1S/C15H18FN3O2.ClH/c16-11-1-2-12-10(8-19-13(12)7-11)3-4-18-15(20)14-9-21-6-5-17-14;/h1-2,7-8,14,17,19H,3-6,9H2,(H,18,20);1H. The molecule has 1 aliphatic rings. The summed E-state index contributed by atoms with van der Waals surface area (Å²) >= 11 is 0. The largest absolute Gasteiger partial charge is 0.378 e. The topological polar surface area (TPSA) is 66.2 Å². The van der Waals surface area contributed by atoms with Crippen molar-refractivity contribution in [2.45, 2.75) is 12.5 Å². The van der Waals surface area contributed by atoms with Crippen LogP contribution in [0, 0.1) is 5.82 Å². The second kappa shape index (κ2) is 7.58. The lowest BCUT2D eigenvalue weighted by Crippen LogP contribution is -2.51. The Morgan fingerprint density at radius 2 is 2.32 bits per heavy atom. The van der Waals surface area contributed by atoms with Crippen LogP contribution in [0.4, 0.5) is 4.39 Å². The molecule has 1 aromatic heterocycles. The van der Waals surface area contributed by atoms with Crippen molar-refractivity contribution in [2.75, 3.05) is 26.3 Å². The Hall–Kier alpha value is -1.63. The number of aromatic nitrogens is 1. The molecule has 1 aromatic carbocycles. The Morgan fingerprint density at radius 3 is 3.09 bits per heavy atom. The summed E-state index contributed by atoms with van der Waals surface area (Å²) in [6, 6.07) is 4.41. The molecule has 1 aliphatic heterocycles. The first kappa shape index (κ1) is 16.7. The number of nitrogens with one attached hydrogen (secondary N) is 3. The number of ether oxygens (including phenoxy) is 1. The van der Waals surface area contributed by atoms with Crippen molar-refractivity contribution in [3.8, 4) is 0 Å². The highest BCUT2D eigenvalue weighted by Crippen LogP contribution is 2.19. The van der Waals surface area contributed by atoms with E-state index in [2.05, 4.69) is 15.6 Å². The van der Waals surface area contributed by atoms with Crippen LogP contribution in [0.25, 0.3) is 10.9 Å². The fourth-order valence-corrected chi connectivity index (χ4v) is 2.54. The molecule has 0 aliphatic carbocycles. The van der Waals surface area contributed by atoms with E-state index in [1.54, 1.807) is 6.07 Å². The molecule has 120 valence electrons. The van der Waals surface area contributed by atoms with Gasteiger partial charge in [0, 0.05) is 30.2 Å². The van der Waals surface area contributed by atoms with Crippen LogP contribution in [-0.2, 0) is 16.0 Å². The molecular weight excluding hydrogens is 309 g/mol. The normalized spacial score (nSPS) is 18.0. The van der Waals surface area contributed by atoms with Crippen LogP contribution in [0.15, 0.2) is 24.4 Å². The van der Waals surface area contributed by atoms with Gasteiger partial charge in [-0.05, 0) is 30.2 Å². The Kier molecular flexibility index (Phi) is 5.76. The molecule has 7 heteroatoms. The third-order valence-electron chi connectivity index (χ3n) is 3.66. The van der Waals surface area contributed by atoms with E-state index in [1.165, 1.54) is 12.1 Å². The predicted octanol–water partition coefficient (Wildman–Crippen LogP) is 1.38. The van der Waals surface area contributed by atoms with Crippen LogP contribution in [0.5, 0.6) is 0 Å². The van der Waals surface area contributed by atoms with Gasteiger partial charge in [-0.25, -0.2) is 4.39 Å². The molecule has 1 atom stereocenters. The number of carbonyl (C=O) groups is 1. The molecule has 2 aromatic rings. The summed E-state index contributed by atoms with van der Waals surface area (Å²) in [5.41, 5.74) is 1.84. The summed E-state index contributed by atoms with van der Waals surface area (Å²) in [7, 11) is 0. The van der Waals surface area contributed by atoms with E-state index in [4.69, 9.17) is 4.74 Å². The van der Waals surface area contributed by atoms with E-state index < -0.39 is 0 Å². The smallest absolute Gasteiger partial charge is 0.239 e. The van der Waals surface area contributed by atoms with Gasteiger partial charge in [-0.1, -0.05) is 0 Å². The molecule has 5 nitrogen and oxygen atoms in total. The monoisotopic (exact) mass is 327 g/mol. The van der Waals surface area contributed by atoms with Gasteiger partial charge in [-0.3, -0.25) is 4.79 Å². The number of hydrogen-bond acceptors (Lipinski definition) is 3. The minimum absolute atomic E-state index is 0. The van der Waals surface area contributed by atoms with E-state index in [9.17, 15) is 9.18 Å². The number of halogens is 2. The number of aromatic amines is 1. The van der Waals surface area contributed by atoms with Gasteiger partial charge < -0.3 is 20.4 Å². The molecule has 0 bridgehead atoms. The van der Waals surface area contributed by atoms with Gasteiger partial charge in [0.25, 0.3) is 0 Å². The Bertz CT molecular complexity index is 641. The fraction of sp³-hybridized carbons (Fsp3) is 0.400. The molecule has 1 unspecified atom stereocenters. The van der Waals surface area contributed by atoms with Crippen molar-refractivity contribution in [3.63, 3.8) is 0 Å². The molecule has 2 heterocycles. The maximum absolute atomic E-state index is 13.1. The summed E-state index contributed by atoms with van der Waals surface area (Å²) in [6.45, 7) is 2.31. The first-order valence-electron chi connectivity index (χ1n) is 7.08. The van der Waals surface area contributed by atoms with E-state index in [0.29, 0.717) is 32.7 Å². The third-order valence-corrected chi connectivity index (χ3v) is 3.66. The number of amides is 1. The Labute approximate surface area is 134 Å². The minimum Gasteiger partial charge on any atom is -0.378 e. The summed E-state index contributed by atoms with van der Waals surface area (Å²) in [6.07, 6.45) is 2.56. The van der Waals surface area contributed by atoms with Crippen LogP contribution < -0.4 is 10.6 Å². The van der Waals surface area contributed by atoms with Crippen LogP contribution in [0.2, 0.25) is 0 Å². The lowest BCUT2D eigenvalue weighted by molar-refractivity contribution is -0.125. The van der Waals surface area contributed by atoms with Crippen molar-refractivity contribution in [1.29, 1.82) is 0 Å².